The minimum absolute atomic E-state index is 0.120. The predicted octanol–water partition coefficient (Wildman–Crippen LogP) is 5.24. The van der Waals surface area contributed by atoms with Gasteiger partial charge in [-0.15, -0.1) is 0 Å². The number of furan rings is 1. The maximum atomic E-state index is 13.6. The van der Waals surface area contributed by atoms with Gasteiger partial charge in [-0.1, -0.05) is 48.5 Å². The Morgan fingerprint density at radius 2 is 1.65 bits per heavy atom. The van der Waals surface area contributed by atoms with Crippen molar-refractivity contribution in [2.45, 2.75) is 12.5 Å². The largest absolute Gasteiger partial charge is 0.493 e. The molecule has 4 aromatic rings. The number of methoxy groups -OCH3 is 2. The van der Waals surface area contributed by atoms with Crippen LogP contribution in [0.3, 0.4) is 0 Å². The molecule has 1 unspecified atom stereocenters. The molecule has 0 saturated carbocycles. The fourth-order valence-electron chi connectivity index (χ4n) is 4.39. The lowest BCUT2D eigenvalue weighted by atomic mass is 9.87. The average molecular weight is 413 g/mol. The Kier molecular flexibility index (Phi) is 4.86. The van der Waals surface area contributed by atoms with Gasteiger partial charge in [0, 0.05) is 11.9 Å². The summed E-state index contributed by atoms with van der Waals surface area (Å²) >= 11 is 0. The summed E-state index contributed by atoms with van der Waals surface area (Å²) in [6.45, 7) is 0.581. The van der Waals surface area contributed by atoms with E-state index in [1.54, 1.807) is 14.2 Å². The first-order valence-electron chi connectivity index (χ1n) is 10.3. The van der Waals surface area contributed by atoms with Crippen LogP contribution >= 0.6 is 0 Å². The number of benzene rings is 3. The van der Waals surface area contributed by atoms with Crippen LogP contribution in [0.1, 0.15) is 33.3 Å². The number of hydrogen-bond donors (Lipinski definition) is 0. The van der Waals surface area contributed by atoms with E-state index in [1.165, 1.54) is 0 Å². The Balaban J connectivity index is 1.62. The summed E-state index contributed by atoms with van der Waals surface area (Å²) in [6, 6.07) is 23.3. The Hall–Kier alpha value is -3.73. The first-order chi connectivity index (χ1) is 15.2. The number of nitrogens with zero attached hydrogens (tertiary/aromatic N) is 1. The molecular weight excluding hydrogens is 390 g/mol. The lowest BCUT2D eigenvalue weighted by Crippen LogP contribution is -2.40. The Bertz CT molecular complexity index is 1210. The van der Waals surface area contributed by atoms with Crippen molar-refractivity contribution in [2.24, 2.45) is 0 Å². The maximum absolute atomic E-state index is 13.6. The fraction of sp³-hybridized carbons (Fsp3) is 0.192. The van der Waals surface area contributed by atoms with Gasteiger partial charge in [0.1, 0.15) is 5.58 Å². The Morgan fingerprint density at radius 1 is 0.935 bits per heavy atom. The van der Waals surface area contributed by atoms with Crippen LogP contribution in [0.15, 0.2) is 77.2 Å². The summed E-state index contributed by atoms with van der Waals surface area (Å²) in [5.74, 6) is 1.59. The van der Waals surface area contributed by atoms with Crippen LogP contribution in [0.5, 0.6) is 11.5 Å². The molecule has 3 aromatic carbocycles. The minimum Gasteiger partial charge on any atom is -0.493 e. The van der Waals surface area contributed by atoms with Crippen molar-refractivity contribution < 1.29 is 18.7 Å². The molecule has 0 spiro atoms. The molecule has 2 heterocycles. The first-order valence-corrected chi connectivity index (χ1v) is 10.3. The van der Waals surface area contributed by atoms with Gasteiger partial charge < -0.3 is 18.8 Å². The van der Waals surface area contributed by atoms with E-state index < -0.39 is 0 Å². The van der Waals surface area contributed by atoms with Crippen LogP contribution in [-0.2, 0) is 6.42 Å². The second-order valence-electron chi connectivity index (χ2n) is 7.62. The molecule has 1 atom stereocenters. The highest BCUT2D eigenvalue weighted by Gasteiger charge is 2.35. The molecule has 5 heteroatoms. The smallest absolute Gasteiger partial charge is 0.290 e. The fourth-order valence-corrected chi connectivity index (χ4v) is 4.39. The summed E-state index contributed by atoms with van der Waals surface area (Å²) < 4.78 is 17.0. The molecule has 0 saturated heterocycles. The van der Waals surface area contributed by atoms with Crippen molar-refractivity contribution in [3.05, 3.63) is 95.2 Å². The standard InChI is InChI=1S/C26H23NO4/c1-29-22-14-18-12-13-27(26(28)24-15-19-10-6-7-11-21(19)31-24)25(17-8-4-3-5-9-17)20(18)16-23(22)30-2/h3-11,14-16,25H,12-13H2,1-2H3. The van der Waals surface area contributed by atoms with E-state index in [1.807, 2.05) is 65.6 Å². The summed E-state index contributed by atoms with van der Waals surface area (Å²) in [7, 11) is 3.26. The van der Waals surface area contributed by atoms with Gasteiger partial charge in [-0.2, -0.15) is 0 Å². The van der Waals surface area contributed by atoms with Gasteiger partial charge in [-0.25, -0.2) is 0 Å². The molecule has 1 amide bonds. The van der Waals surface area contributed by atoms with Crippen molar-refractivity contribution in [3.63, 3.8) is 0 Å². The zero-order valence-corrected chi connectivity index (χ0v) is 17.5. The zero-order valence-electron chi connectivity index (χ0n) is 17.5. The molecule has 1 aromatic heterocycles. The summed E-state index contributed by atoms with van der Waals surface area (Å²) in [4.78, 5) is 15.5. The second-order valence-corrected chi connectivity index (χ2v) is 7.62. The Labute approximate surface area is 180 Å². The summed E-state index contributed by atoms with van der Waals surface area (Å²) in [6.07, 6.45) is 0.727. The van der Waals surface area contributed by atoms with E-state index in [0.29, 0.717) is 29.4 Å². The Morgan fingerprint density at radius 3 is 2.39 bits per heavy atom. The predicted molar refractivity (Wildman–Crippen MR) is 119 cm³/mol. The van der Waals surface area contributed by atoms with Crippen molar-refractivity contribution in [1.82, 2.24) is 4.90 Å². The topological polar surface area (TPSA) is 51.9 Å². The molecular formula is C26H23NO4. The number of para-hydroxylation sites is 1. The van der Waals surface area contributed by atoms with Crippen LogP contribution in [0.4, 0.5) is 0 Å². The molecule has 0 bridgehead atoms. The number of ether oxygens (including phenoxy) is 2. The first kappa shape index (κ1) is 19.2. The molecule has 0 N–H and O–H groups in total. The van der Waals surface area contributed by atoms with Gasteiger partial charge in [-0.05, 0) is 47.4 Å². The third kappa shape index (κ3) is 3.32. The molecule has 1 aliphatic heterocycles. The van der Waals surface area contributed by atoms with Gasteiger partial charge >= 0.3 is 0 Å². The van der Waals surface area contributed by atoms with Gasteiger partial charge in [0.05, 0.1) is 20.3 Å². The SMILES string of the molecule is COc1cc2c(cc1OC)C(c1ccccc1)N(C(=O)c1cc3ccccc3o1)CC2. The molecule has 0 radical (unpaired) electrons. The highest BCUT2D eigenvalue weighted by molar-refractivity contribution is 5.96. The van der Waals surface area contributed by atoms with Crippen molar-refractivity contribution >= 4 is 16.9 Å². The maximum Gasteiger partial charge on any atom is 0.290 e. The van der Waals surface area contributed by atoms with Gasteiger partial charge in [0.15, 0.2) is 17.3 Å². The molecule has 1 aliphatic rings. The quantitative estimate of drug-likeness (QED) is 0.459. The van der Waals surface area contributed by atoms with E-state index in [4.69, 9.17) is 13.9 Å². The molecule has 31 heavy (non-hydrogen) atoms. The number of fused-ring (bicyclic) bond motifs is 2. The molecule has 156 valence electrons. The van der Waals surface area contributed by atoms with Crippen LogP contribution < -0.4 is 9.47 Å². The van der Waals surface area contributed by atoms with Crippen molar-refractivity contribution in [2.75, 3.05) is 20.8 Å². The van der Waals surface area contributed by atoms with Gasteiger partial charge in [-0.3, -0.25) is 4.79 Å². The number of amides is 1. The van der Waals surface area contributed by atoms with Crippen LogP contribution in [0.2, 0.25) is 0 Å². The monoisotopic (exact) mass is 413 g/mol. The number of carbonyl (C=O) groups excluding carboxylic acids is 1. The van der Waals surface area contributed by atoms with E-state index in [0.717, 1.165) is 28.5 Å². The number of hydrogen-bond acceptors (Lipinski definition) is 4. The van der Waals surface area contributed by atoms with E-state index in [-0.39, 0.29) is 11.9 Å². The van der Waals surface area contributed by atoms with E-state index in [2.05, 4.69) is 12.1 Å². The average Bonchev–Trinajstić information content (AvgIpc) is 3.26. The molecule has 0 fully saturated rings. The van der Waals surface area contributed by atoms with Crippen LogP contribution in [-0.4, -0.2) is 31.6 Å². The lowest BCUT2D eigenvalue weighted by molar-refractivity contribution is 0.0664. The van der Waals surface area contributed by atoms with Crippen LogP contribution in [0, 0.1) is 0 Å². The highest BCUT2D eigenvalue weighted by Crippen LogP contribution is 2.41. The third-order valence-electron chi connectivity index (χ3n) is 5.89. The van der Waals surface area contributed by atoms with E-state index in [9.17, 15) is 4.79 Å². The van der Waals surface area contributed by atoms with Crippen LogP contribution in [0.25, 0.3) is 11.0 Å². The second kappa shape index (κ2) is 7.84. The third-order valence-corrected chi connectivity index (χ3v) is 5.89. The number of rotatable bonds is 4. The molecule has 0 aliphatic carbocycles. The highest BCUT2D eigenvalue weighted by atomic mass is 16.5. The normalized spacial score (nSPS) is 15.5. The number of carbonyl (C=O) groups is 1. The van der Waals surface area contributed by atoms with Gasteiger partial charge in [0.25, 0.3) is 5.91 Å². The van der Waals surface area contributed by atoms with Crippen molar-refractivity contribution in [1.29, 1.82) is 0 Å². The minimum atomic E-state index is -0.245. The molecule has 5 nitrogen and oxygen atoms in total. The lowest BCUT2D eigenvalue weighted by Gasteiger charge is -2.37. The molecule has 5 rings (SSSR count). The van der Waals surface area contributed by atoms with Gasteiger partial charge in [0.2, 0.25) is 0 Å². The summed E-state index contributed by atoms with van der Waals surface area (Å²) in [5, 5.41) is 0.922. The summed E-state index contributed by atoms with van der Waals surface area (Å²) in [5.41, 5.74) is 3.95. The van der Waals surface area contributed by atoms with E-state index >= 15 is 0 Å². The zero-order chi connectivity index (χ0) is 21.4. The van der Waals surface area contributed by atoms with Crippen molar-refractivity contribution in [3.8, 4) is 11.5 Å².